The summed E-state index contributed by atoms with van der Waals surface area (Å²) in [4.78, 5) is 4.03. The Labute approximate surface area is 96.7 Å². The van der Waals surface area contributed by atoms with Crippen molar-refractivity contribution in [2.45, 2.75) is 38.8 Å². The Morgan fingerprint density at radius 2 is 1.94 bits per heavy atom. The molecule has 1 heterocycles. The highest BCUT2D eigenvalue weighted by Gasteiger charge is 2.34. The van der Waals surface area contributed by atoms with E-state index in [0.717, 1.165) is 5.69 Å². The number of methoxy groups -OCH3 is 1. The van der Waals surface area contributed by atoms with Crippen LogP contribution in [0.1, 0.15) is 27.7 Å². The molecule has 0 saturated heterocycles. The van der Waals surface area contributed by atoms with Crippen LogP contribution in [-0.4, -0.2) is 28.3 Å². The second kappa shape index (κ2) is 4.29. The highest BCUT2D eigenvalue weighted by molar-refractivity contribution is 5.47. The molecule has 0 fully saturated rings. The first kappa shape index (κ1) is 12.8. The summed E-state index contributed by atoms with van der Waals surface area (Å²) < 4.78 is 5.04. The molecule has 4 heteroatoms. The van der Waals surface area contributed by atoms with Gasteiger partial charge < -0.3 is 15.2 Å². The minimum atomic E-state index is -0.830. The summed E-state index contributed by atoms with van der Waals surface area (Å²) >= 11 is 0. The van der Waals surface area contributed by atoms with E-state index in [-0.39, 0.29) is 0 Å². The molecule has 16 heavy (non-hydrogen) atoms. The Hall–Kier alpha value is -1.29. The van der Waals surface area contributed by atoms with Gasteiger partial charge in [0.05, 0.1) is 18.2 Å². The lowest BCUT2D eigenvalue weighted by atomic mass is 9.86. The fourth-order valence-corrected chi connectivity index (χ4v) is 1.11. The predicted molar refractivity (Wildman–Crippen MR) is 64.8 cm³/mol. The molecular weight excluding hydrogens is 204 g/mol. The van der Waals surface area contributed by atoms with Crippen molar-refractivity contribution in [1.82, 2.24) is 4.98 Å². The molecular formula is C12H20N2O2. The van der Waals surface area contributed by atoms with E-state index in [1.165, 1.54) is 0 Å². The van der Waals surface area contributed by atoms with Gasteiger partial charge in [0.15, 0.2) is 0 Å². The van der Waals surface area contributed by atoms with Crippen LogP contribution in [0.4, 0.5) is 5.69 Å². The smallest absolute Gasteiger partial charge is 0.214 e. The van der Waals surface area contributed by atoms with Crippen molar-refractivity contribution >= 4 is 5.69 Å². The summed E-state index contributed by atoms with van der Waals surface area (Å²) in [6, 6.07) is 3.64. The topological polar surface area (TPSA) is 54.4 Å². The molecule has 0 atom stereocenters. The van der Waals surface area contributed by atoms with E-state index in [2.05, 4.69) is 10.3 Å². The maximum Gasteiger partial charge on any atom is 0.214 e. The molecule has 90 valence electrons. The van der Waals surface area contributed by atoms with Crippen LogP contribution in [0.3, 0.4) is 0 Å². The molecule has 0 saturated carbocycles. The number of aliphatic hydroxyl groups is 1. The number of nitrogens with one attached hydrogen (secondary N) is 1. The lowest BCUT2D eigenvalue weighted by Gasteiger charge is -2.38. The molecule has 0 aliphatic rings. The normalized spacial score (nSPS) is 12.4. The van der Waals surface area contributed by atoms with Crippen LogP contribution in [0.2, 0.25) is 0 Å². The van der Waals surface area contributed by atoms with E-state index >= 15 is 0 Å². The number of anilines is 1. The van der Waals surface area contributed by atoms with Crippen molar-refractivity contribution in [3.8, 4) is 5.88 Å². The van der Waals surface area contributed by atoms with Crippen LogP contribution >= 0.6 is 0 Å². The second-order valence-corrected chi connectivity index (χ2v) is 4.90. The molecule has 0 aliphatic carbocycles. The maximum atomic E-state index is 10.0. The van der Waals surface area contributed by atoms with Gasteiger partial charge >= 0.3 is 0 Å². The van der Waals surface area contributed by atoms with Gasteiger partial charge in [-0.15, -0.1) is 0 Å². The number of hydrogen-bond acceptors (Lipinski definition) is 4. The molecule has 0 radical (unpaired) electrons. The van der Waals surface area contributed by atoms with Crippen molar-refractivity contribution < 1.29 is 9.84 Å². The zero-order chi connectivity index (χ0) is 12.4. The minimum Gasteiger partial charge on any atom is -0.481 e. The van der Waals surface area contributed by atoms with Crippen molar-refractivity contribution in [3.63, 3.8) is 0 Å². The first-order valence-electron chi connectivity index (χ1n) is 5.27. The lowest BCUT2D eigenvalue weighted by molar-refractivity contribution is 0.0240. The number of hydrogen-bond donors (Lipinski definition) is 2. The van der Waals surface area contributed by atoms with Crippen molar-refractivity contribution in [3.05, 3.63) is 18.3 Å². The van der Waals surface area contributed by atoms with E-state index < -0.39 is 11.1 Å². The van der Waals surface area contributed by atoms with Crippen LogP contribution in [0, 0.1) is 0 Å². The molecule has 1 aromatic rings. The standard InChI is InChI=1S/C12H20N2O2/c1-11(2,12(3,4)15)14-9-6-7-13-10(8-9)16-5/h6-8,15H,1-5H3,(H,13,14). The van der Waals surface area contributed by atoms with E-state index in [4.69, 9.17) is 4.74 Å². The fourth-order valence-electron chi connectivity index (χ4n) is 1.11. The Morgan fingerprint density at radius 1 is 1.31 bits per heavy atom. The van der Waals surface area contributed by atoms with Crippen LogP contribution < -0.4 is 10.1 Å². The first-order valence-corrected chi connectivity index (χ1v) is 5.27. The lowest BCUT2D eigenvalue weighted by Crippen LogP contribution is -2.51. The fraction of sp³-hybridized carbons (Fsp3) is 0.583. The Balaban J connectivity index is 2.88. The van der Waals surface area contributed by atoms with Crippen molar-refractivity contribution in [1.29, 1.82) is 0 Å². The quantitative estimate of drug-likeness (QED) is 0.822. The largest absolute Gasteiger partial charge is 0.481 e. The number of rotatable bonds is 4. The summed E-state index contributed by atoms with van der Waals surface area (Å²) in [5.41, 5.74) is -0.401. The second-order valence-electron chi connectivity index (χ2n) is 4.90. The molecule has 1 aromatic heterocycles. The van der Waals surface area contributed by atoms with Gasteiger partial charge in [0.2, 0.25) is 5.88 Å². The zero-order valence-corrected chi connectivity index (χ0v) is 10.5. The van der Waals surface area contributed by atoms with E-state index in [1.54, 1.807) is 33.2 Å². The molecule has 0 unspecified atom stereocenters. The van der Waals surface area contributed by atoms with Gasteiger partial charge in [-0.1, -0.05) is 0 Å². The average Bonchev–Trinajstić information content (AvgIpc) is 2.15. The number of ether oxygens (including phenoxy) is 1. The highest BCUT2D eigenvalue weighted by Crippen LogP contribution is 2.26. The minimum absolute atomic E-state index is 0.445. The van der Waals surface area contributed by atoms with Crippen LogP contribution in [-0.2, 0) is 0 Å². The molecule has 0 aromatic carbocycles. The molecule has 4 nitrogen and oxygen atoms in total. The summed E-state index contributed by atoms with van der Waals surface area (Å²) in [6.07, 6.45) is 1.67. The van der Waals surface area contributed by atoms with E-state index in [1.807, 2.05) is 19.9 Å². The van der Waals surface area contributed by atoms with Gasteiger partial charge in [0, 0.05) is 18.0 Å². The number of nitrogens with zero attached hydrogens (tertiary/aromatic N) is 1. The van der Waals surface area contributed by atoms with Crippen molar-refractivity contribution in [2.24, 2.45) is 0 Å². The molecule has 0 amide bonds. The monoisotopic (exact) mass is 224 g/mol. The number of aromatic nitrogens is 1. The first-order chi connectivity index (χ1) is 7.26. The Kier molecular flexibility index (Phi) is 3.43. The third-order valence-electron chi connectivity index (χ3n) is 2.93. The highest BCUT2D eigenvalue weighted by atomic mass is 16.5. The molecule has 0 aliphatic heterocycles. The van der Waals surface area contributed by atoms with E-state index in [9.17, 15) is 5.11 Å². The SMILES string of the molecule is COc1cc(NC(C)(C)C(C)(C)O)ccn1. The van der Waals surface area contributed by atoms with Crippen LogP contribution in [0.25, 0.3) is 0 Å². The molecule has 0 spiro atoms. The summed E-state index contributed by atoms with van der Waals surface area (Å²) in [7, 11) is 1.58. The van der Waals surface area contributed by atoms with Gasteiger partial charge in [0.1, 0.15) is 0 Å². The summed E-state index contributed by atoms with van der Waals surface area (Å²) in [6.45, 7) is 7.44. The third-order valence-corrected chi connectivity index (χ3v) is 2.93. The average molecular weight is 224 g/mol. The summed E-state index contributed by atoms with van der Waals surface area (Å²) in [5.74, 6) is 0.552. The number of pyridine rings is 1. The molecule has 1 rings (SSSR count). The van der Waals surface area contributed by atoms with Gasteiger partial charge in [0.25, 0.3) is 0 Å². The van der Waals surface area contributed by atoms with Gasteiger partial charge in [-0.05, 0) is 33.8 Å². The van der Waals surface area contributed by atoms with E-state index in [0.29, 0.717) is 5.88 Å². The van der Waals surface area contributed by atoms with Gasteiger partial charge in [-0.25, -0.2) is 4.98 Å². The van der Waals surface area contributed by atoms with Crippen LogP contribution in [0.5, 0.6) is 5.88 Å². The van der Waals surface area contributed by atoms with Crippen molar-refractivity contribution in [2.75, 3.05) is 12.4 Å². The zero-order valence-electron chi connectivity index (χ0n) is 10.5. The Bertz CT molecular complexity index is 356. The Morgan fingerprint density at radius 3 is 2.44 bits per heavy atom. The third kappa shape index (κ3) is 2.85. The molecule has 2 N–H and O–H groups in total. The van der Waals surface area contributed by atoms with Gasteiger partial charge in [-0.3, -0.25) is 0 Å². The maximum absolute atomic E-state index is 10.0. The van der Waals surface area contributed by atoms with Gasteiger partial charge in [-0.2, -0.15) is 0 Å². The van der Waals surface area contributed by atoms with Crippen LogP contribution in [0.15, 0.2) is 18.3 Å². The summed E-state index contributed by atoms with van der Waals surface area (Å²) in [5, 5.41) is 13.3. The predicted octanol–water partition coefficient (Wildman–Crippen LogP) is 2.05. The molecule has 0 bridgehead atoms.